The number of esters is 1. The molecular weight excluding hydrogens is 328 g/mol. The predicted molar refractivity (Wildman–Crippen MR) is 103 cm³/mol. The van der Waals surface area contributed by atoms with Gasteiger partial charge < -0.3 is 14.5 Å². The Labute approximate surface area is 157 Å². The van der Waals surface area contributed by atoms with Crippen LogP contribution < -0.4 is 0 Å². The lowest BCUT2D eigenvalue weighted by Gasteiger charge is -2.34. The number of amides is 1. The van der Waals surface area contributed by atoms with Gasteiger partial charge in [0.05, 0.1) is 13.5 Å². The fourth-order valence-electron chi connectivity index (χ4n) is 3.66. The minimum Gasteiger partial charge on any atom is -0.469 e. The van der Waals surface area contributed by atoms with Crippen molar-refractivity contribution in [1.82, 2.24) is 9.80 Å². The van der Waals surface area contributed by atoms with E-state index < -0.39 is 0 Å². The molecule has 1 aliphatic heterocycles. The van der Waals surface area contributed by atoms with Gasteiger partial charge in [-0.25, -0.2) is 0 Å². The first-order chi connectivity index (χ1) is 12.5. The summed E-state index contributed by atoms with van der Waals surface area (Å²) in [6.07, 6.45) is 3.81. The first-order valence-electron chi connectivity index (χ1n) is 9.57. The van der Waals surface area contributed by atoms with Gasteiger partial charge in [-0.3, -0.25) is 9.59 Å². The van der Waals surface area contributed by atoms with Gasteiger partial charge >= 0.3 is 5.97 Å². The maximum atomic E-state index is 12.2. The average Bonchev–Trinajstić information content (AvgIpc) is 2.65. The Hall–Kier alpha value is -1.88. The van der Waals surface area contributed by atoms with Gasteiger partial charge in [0, 0.05) is 33.1 Å². The van der Waals surface area contributed by atoms with Crippen LogP contribution in [0.15, 0.2) is 24.3 Å². The second-order valence-electron chi connectivity index (χ2n) is 7.34. The lowest BCUT2D eigenvalue weighted by Crippen LogP contribution is -2.42. The van der Waals surface area contributed by atoms with Gasteiger partial charge in [0.1, 0.15) is 0 Å². The zero-order valence-electron chi connectivity index (χ0n) is 16.4. The van der Waals surface area contributed by atoms with E-state index in [4.69, 9.17) is 0 Å². The van der Waals surface area contributed by atoms with Crippen LogP contribution in [-0.2, 0) is 20.7 Å². The molecule has 1 aromatic carbocycles. The summed E-state index contributed by atoms with van der Waals surface area (Å²) in [6, 6.07) is 8.58. The number of nitrogens with zero attached hydrogens (tertiary/aromatic N) is 2. The summed E-state index contributed by atoms with van der Waals surface area (Å²) in [7, 11) is 3.19. The molecule has 0 aliphatic carbocycles. The number of piperidine rings is 1. The zero-order valence-corrected chi connectivity index (χ0v) is 16.4. The Morgan fingerprint density at radius 3 is 2.77 bits per heavy atom. The van der Waals surface area contributed by atoms with Gasteiger partial charge in [0.15, 0.2) is 0 Å². The van der Waals surface area contributed by atoms with Gasteiger partial charge in [-0.15, -0.1) is 0 Å². The van der Waals surface area contributed by atoms with Crippen LogP contribution in [0.3, 0.4) is 0 Å². The Morgan fingerprint density at radius 2 is 2.04 bits per heavy atom. The minimum atomic E-state index is -0.327. The topological polar surface area (TPSA) is 49.9 Å². The molecule has 5 heteroatoms. The van der Waals surface area contributed by atoms with E-state index >= 15 is 0 Å². The van der Waals surface area contributed by atoms with Gasteiger partial charge in [0.2, 0.25) is 5.91 Å². The summed E-state index contributed by atoms with van der Waals surface area (Å²) in [4.78, 5) is 27.7. The number of aryl methyl sites for hydroxylation is 1. The average molecular weight is 360 g/mol. The summed E-state index contributed by atoms with van der Waals surface area (Å²) in [5.41, 5.74) is 2.78. The van der Waals surface area contributed by atoms with Crippen LogP contribution in [-0.4, -0.2) is 62.0 Å². The Bertz CT molecular complexity index is 603. The van der Waals surface area contributed by atoms with Crippen LogP contribution in [0.4, 0.5) is 0 Å². The van der Waals surface area contributed by atoms with E-state index in [1.54, 1.807) is 4.90 Å². The maximum Gasteiger partial charge on any atom is 0.306 e. The molecule has 0 saturated carbocycles. The molecule has 0 spiro atoms. The van der Waals surface area contributed by atoms with Crippen LogP contribution in [0.1, 0.15) is 36.8 Å². The van der Waals surface area contributed by atoms with Crippen molar-refractivity contribution in [3.05, 3.63) is 35.4 Å². The third-order valence-corrected chi connectivity index (χ3v) is 5.29. The van der Waals surface area contributed by atoms with Crippen molar-refractivity contribution in [2.75, 3.05) is 40.3 Å². The molecule has 144 valence electrons. The van der Waals surface area contributed by atoms with Crippen LogP contribution in [0, 0.1) is 12.8 Å². The second-order valence-corrected chi connectivity index (χ2v) is 7.34. The lowest BCUT2D eigenvalue weighted by atomic mass is 9.96. The summed E-state index contributed by atoms with van der Waals surface area (Å²) in [5, 5.41) is 0. The molecule has 5 nitrogen and oxygen atoms in total. The molecule has 0 radical (unpaired) electrons. The molecule has 1 saturated heterocycles. The molecule has 26 heavy (non-hydrogen) atoms. The Balaban J connectivity index is 1.76. The lowest BCUT2D eigenvalue weighted by molar-refractivity contribution is -0.143. The molecule has 0 bridgehead atoms. The molecule has 2 rings (SSSR count). The van der Waals surface area contributed by atoms with Crippen molar-refractivity contribution in [3.8, 4) is 0 Å². The summed E-state index contributed by atoms with van der Waals surface area (Å²) in [6.45, 7) is 6.19. The molecule has 1 aromatic rings. The number of carbonyl (C=O) groups is 2. The highest BCUT2D eigenvalue weighted by atomic mass is 16.5. The van der Waals surface area contributed by atoms with E-state index in [0.29, 0.717) is 5.92 Å². The highest BCUT2D eigenvalue weighted by Gasteiger charge is 2.23. The van der Waals surface area contributed by atoms with E-state index in [-0.39, 0.29) is 24.7 Å². The van der Waals surface area contributed by atoms with Crippen LogP contribution in [0.5, 0.6) is 0 Å². The number of methoxy groups -OCH3 is 1. The maximum absolute atomic E-state index is 12.2. The first-order valence-corrected chi connectivity index (χ1v) is 9.57. The number of ether oxygens (including phenoxy) is 1. The van der Waals surface area contributed by atoms with Crippen molar-refractivity contribution in [1.29, 1.82) is 0 Å². The van der Waals surface area contributed by atoms with Crippen LogP contribution in [0.25, 0.3) is 0 Å². The fraction of sp³-hybridized carbons (Fsp3) is 0.619. The molecule has 1 heterocycles. The highest BCUT2D eigenvalue weighted by Crippen LogP contribution is 2.19. The number of rotatable bonds is 8. The summed E-state index contributed by atoms with van der Waals surface area (Å²) < 4.78 is 4.60. The number of likely N-dealkylation sites (tertiary alicyclic amines) is 1. The van der Waals surface area contributed by atoms with E-state index in [1.165, 1.54) is 24.7 Å². The number of benzene rings is 1. The third-order valence-electron chi connectivity index (χ3n) is 5.29. The Morgan fingerprint density at radius 1 is 1.27 bits per heavy atom. The molecule has 0 unspecified atom stereocenters. The number of hydrogen-bond donors (Lipinski definition) is 0. The third kappa shape index (κ3) is 6.45. The second kappa shape index (κ2) is 10.3. The molecule has 0 aromatic heterocycles. The molecule has 0 N–H and O–H groups in total. The van der Waals surface area contributed by atoms with Crippen molar-refractivity contribution < 1.29 is 14.3 Å². The van der Waals surface area contributed by atoms with E-state index in [0.717, 1.165) is 39.0 Å². The summed E-state index contributed by atoms with van der Waals surface area (Å²) in [5.74, 6) is 0.201. The van der Waals surface area contributed by atoms with E-state index in [1.807, 2.05) is 7.05 Å². The standard InChI is InChI=1S/C21H32N2O3/c1-17-7-4-5-9-19(17)12-14-23-13-6-8-18(16-23)15-22(2)20(24)10-11-21(25)26-3/h4-5,7,9,18H,6,8,10-16H2,1-3H3/t18-/m0/s1. The SMILES string of the molecule is COC(=O)CCC(=O)N(C)C[C@@H]1CCCN(CCc2ccccc2C)C1. The fourth-order valence-corrected chi connectivity index (χ4v) is 3.66. The number of hydrogen-bond acceptors (Lipinski definition) is 4. The largest absolute Gasteiger partial charge is 0.469 e. The zero-order chi connectivity index (χ0) is 18.9. The highest BCUT2D eigenvalue weighted by molar-refractivity contribution is 5.81. The summed E-state index contributed by atoms with van der Waals surface area (Å²) >= 11 is 0. The first kappa shape index (κ1) is 20.4. The molecule has 1 atom stereocenters. The Kier molecular flexibility index (Phi) is 8.10. The van der Waals surface area contributed by atoms with Crippen molar-refractivity contribution in [2.45, 2.75) is 39.0 Å². The van der Waals surface area contributed by atoms with Gasteiger partial charge in [0.25, 0.3) is 0 Å². The normalized spacial score (nSPS) is 17.7. The van der Waals surface area contributed by atoms with Gasteiger partial charge in [-0.05, 0) is 49.8 Å². The van der Waals surface area contributed by atoms with Crippen molar-refractivity contribution >= 4 is 11.9 Å². The smallest absolute Gasteiger partial charge is 0.306 e. The molecule has 1 amide bonds. The van der Waals surface area contributed by atoms with E-state index in [2.05, 4.69) is 40.8 Å². The van der Waals surface area contributed by atoms with Crippen LogP contribution in [0.2, 0.25) is 0 Å². The molecule has 1 aliphatic rings. The molecule has 1 fully saturated rings. The van der Waals surface area contributed by atoms with Crippen LogP contribution >= 0.6 is 0 Å². The van der Waals surface area contributed by atoms with Gasteiger partial charge in [-0.1, -0.05) is 24.3 Å². The van der Waals surface area contributed by atoms with Crippen molar-refractivity contribution in [2.24, 2.45) is 5.92 Å². The molecular formula is C21H32N2O3. The minimum absolute atomic E-state index is 0.0208. The number of carbonyl (C=O) groups excluding carboxylic acids is 2. The van der Waals surface area contributed by atoms with Gasteiger partial charge in [-0.2, -0.15) is 0 Å². The monoisotopic (exact) mass is 360 g/mol. The quantitative estimate of drug-likeness (QED) is 0.669. The van der Waals surface area contributed by atoms with E-state index in [9.17, 15) is 9.59 Å². The van der Waals surface area contributed by atoms with Crippen molar-refractivity contribution in [3.63, 3.8) is 0 Å². The predicted octanol–water partition coefficient (Wildman–Crippen LogP) is 2.66.